The highest BCUT2D eigenvalue weighted by molar-refractivity contribution is 5.46. The molecule has 0 aromatic carbocycles. The fourth-order valence-corrected chi connectivity index (χ4v) is 2.63. The quantitative estimate of drug-likeness (QED) is 0.804. The molecule has 2 aromatic rings. The SMILES string of the molecule is CC1(C)CN(c2ccc3nnc(C(C)(C)C)n3n2)CCO1. The van der Waals surface area contributed by atoms with E-state index in [1.165, 1.54) is 0 Å². The lowest BCUT2D eigenvalue weighted by atomic mass is 9.96. The summed E-state index contributed by atoms with van der Waals surface area (Å²) in [6, 6.07) is 3.99. The molecule has 1 fully saturated rings. The highest BCUT2D eigenvalue weighted by Gasteiger charge is 2.29. The van der Waals surface area contributed by atoms with Crippen LogP contribution in [-0.2, 0) is 10.2 Å². The van der Waals surface area contributed by atoms with Crippen molar-refractivity contribution in [3.63, 3.8) is 0 Å². The molecule has 0 saturated carbocycles. The summed E-state index contributed by atoms with van der Waals surface area (Å²) in [4.78, 5) is 2.26. The van der Waals surface area contributed by atoms with E-state index >= 15 is 0 Å². The Balaban J connectivity index is 2.00. The van der Waals surface area contributed by atoms with Crippen LogP contribution in [0.4, 0.5) is 5.82 Å². The number of anilines is 1. The summed E-state index contributed by atoms with van der Waals surface area (Å²) in [5, 5.41) is 13.2. The Morgan fingerprint density at radius 3 is 2.62 bits per heavy atom. The molecule has 6 nitrogen and oxygen atoms in total. The lowest BCUT2D eigenvalue weighted by molar-refractivity contribution is -0.0279. The molecule has 3 rings (SSSR count). The first-order valence-corrected chi connectivity index (χ1v) is 7.38. The summed E-state index contributed by atoms with van der Waals surface area (Å²) in [7, 11) is 0. The van der Waals surface area contributed by atoms with Crippen LogP contribution in [0.3, 0.4) is 0 Å². The average Bonchev–Trinajstić information content (AvgIpc) is 2.80. The number of fused-ring (bicyclic) bond motifs is 1. The zero-order valence-corrected chi connectivity index (χ0v) is 13.4. The van der Waals surface area contributed by atoms with Gasteiger partial charge in [0.2, 0.25) is 0 Å². The summed E-state index contributed by atoms with van der Waals surface area (Å²) in [5.74, 6) is 1.83. The van der Waals surface area contributed by atoms with E-state index in [0.29, 0.717) is 0 Å². The van der Waals surface area contributed by atoms with Crippen molar-refractivity contribution < 1.29 is 4.74 Å². The van der Waals surface area contributed by atoms with Gasteiger partial charge in [0.25, 0.3) is 0 Å². The maximum Gasteiger partial charge on any atom is 0.178 e. The standard InChI is InChI=1S/C15H23N5O/c1-14(2,3)13-17-16-11-6-7-12(18-20(11)13)19-8-9-21-15(4,5)10-19/h6-7H,8-10H2,1-5H3. The fraction of sp³-hybridized carbons (Fsp3) is 0.667. The highest BCUT2D eigenvalue weighted by Crippen LogP contribution is 2.24. The van der Waals surface area contributed by atoms with Crippen molar-refractivity contribution in [2.45, 2.75) is 45.6 Å². The van der Waals surface area contributed by atoms with Gasteiger partial charge in [-0.25, -0.2) is 0 Å². The number of rotatable bonds is 1. The van der Waals surface area contributed by atoms with E-state index in [1.807, 2.05) is 16.6 Å². The van der Waals surface area contributed by atoms with E-state index in [0.717, 1.165) is 37.0 Å². The van der Waals surface area contributed by atoms with Crippen molar-refractivity contribution in [1.29, 1.82) is 0 Å². The van der Waals surface area contributed by atoms with Gasteiger partial charge < -0.3 is 9.64 Å². The van der Waals surface area contributed by atoms with Gasteiger partial charge in [0.05, 0.1) is 12.2 Å². The van der Waals surface area contributed by atoms with Gasteiger partial charge >= 0.3 is 0 Å². The van der Waals surface area contributed by atoms with Gasteiger partial charge in [-0.1, -0.05) is 20.8 Å². The molecular formula is C15H23N5O. The van der Waals surface area contributed by atoms with Gasteiger partial charge in [-0.2, -0.15) is 4.52 Å². The van der Waals surface area contributed by atoms with E-state index in [9.17, 15) is 0 Å². The predicted octanol–water partition coefficient (Wildman–Crippen LogP) is 2.04. The first-order valence-electron chi connectivity index (χ1n) is 7.38. The summed E-state index contributed by atoms with van der Waals surface area (Å²) >= 11 is 0. The summed E-state index contributed by atoms with van der Waals surface area (Å²) < 4.78 is 7.63. The number of hydrogen-bond acceptors (Lipinski definition) is 5. The molecule has 0 spiro atoms. The Labute approximate surface area is 125 Å². The summed E-state index contributed by atoms with van der Waals surface area (Å²) in [6.45, 7) is 13.0. The molecule has 114 valence electrons. The second kappa shape index (κ2) is 4.66. The van der Waals surface area contributed by atoms with Crippen LogP contribution in [0, 0.1) is 0 Å². The highest BCUT2D eigenvalue weighted by atomic mass is 16.5. The molecular weight excluding hydrogens is 266 g/mol. The number of morpholine rings is 1. The van der Waals surface area contributed by atoms with Crippen LogP contribution in [-0.4, -0.2) is 45.1 Å². The third-order valence-electron chi connectivity index (χ3n) is 3.67. The van der Waals surface area contributed by atoms with Crippen molar-refractivity contribution in [2.24, 2.45) is 0 Å². The van der Waals surface area contributed by atoms with E-state index < -0.39 is 0 Å². The molecule has 21 heavy (non-hydrogen) atoms. The summed E-state index contributed by atoms with van der Waals surface area (Å²) in [6.07, 6.45) is 0. The predicted molar refractivity (Wildman–Crippen MR) is 81.7 cm³/mol. The molecule has 0 unspecified atom stereocenters. The number of nitrogens with zero attached hydrogens (tertiary/aromatic N) is 5. The molecule has 0 amide bonds. The topological polar surface area (TPSA) is 55.6 Å². The number of aromatic nitrogens is 4. The van der Waals surface area contributed by atoms with Crippen LogP contribution in [0.5, 0.6) is 0 Å². The Morgan fingerprint density at radius 2 is 1.95 bits per heavy atom. The molecule has 2 aromatic heterocycles. The lowest BCUT2D eigenvalue weighted by Gasteiger charge is -2.38. The molecule has 0 bridgehead atoms. The van der Waals surface area contributed by atoms with E-state index in [1.54, 1.807) is 0 Å². The zero-order chi connectivity index (χ0) is 15.3. The monoisotopic (exact) mass is 289 g/mol. The molecule has 1 aliphatic heterocycles. The summed E-state index contributed by atoms with van der Waals surface area (Å²) in [5.41, 5.74) is 0.556. The minimum absolute atomic E-state index is 0.0880. The number of ether oxygens (including phenoxy) is 1. The Morgan fingerprint density at radius 1 is 1.19 bits per heavy atom. The Kier molecular flexibility index (Phi) is 3.16. The third-order valence-corrected chi connectivity index (χ3v) is 3.67. The molecule has 0 radical (unpaired) electrons. The smallest absolute Gasteiger partial charge is 0.178 e. The van der Waals surface area contributed by atoms with Gasteiger partial charge in [-0.3, -0.25) is 0 Å². The van der Waals surface area contributed by atoms with Gasteiger partial charge in [0, 0.05) is 18.5 Å². The van der Waals surface area contributed by atoms with Crippen LogP contribution in [0.2, 0.25) is 0 Å². The van der Waals surface area contributed by atoms with E-state index in [2.05, 4.69) is 49.7 Å². The molecule has 0 aliphatic carbocycles. The molecule has 0 atom stereocenters. The second-order valence-corrected chi connectivity index (χ2v) is 7.26. The van der Waals surface area contributed by atoms with E-state index in [4.69, 9.17) is 9.84 Å². The van der Waals surface area contributed by atoms with Crippen molar-refractivity contribution in [3.05, 3.63) is 18.0 Å². The zero-order valence-electron chi connectivity index (χ0n) is 13.4. The first kappa shape index (κ1) is 14.3. The maximum absolute atomic E-state index is 5.77. The third kappa shape index (κ3) is 2.72. The van der Waals surface area contributed by atoms with Crippen LogP contribution >= 0.6 is 0 Å². The molecule has 0 N–H and O–H groups in total. The van der Waals surface area contributed by atoms with Gasteiger partial charge in [-0.05, 0) is 26.0 Å². The van der Waals surface area contributed by atoms with Crippen LogP contribution < -0.4 is 4.90 Å². The van der Waals surface area contributed by atoms with Crippen LogP contribution in [0.1, 0.15) is 40.4 Å². The number of hydrogen-bond donors (Lipinski definition) is 0. The van der Waals surface area contributed by atoms with Crippen molar-refractivity contribution >= 4 is 11.5 Å². The van der Waals surface area contributed by atoms with E-state index in [-0.39, 0.29) is 11.0 Å². The minimum Gasteiger partial charge on any atom is -0.372 e. The van der Waals surface area contributed by atoms with Crippen molar-refractivity contribution in [2.75, 3.05) is 24.6 Å². The average molecular weight is 289 g/mol. The van der Waals surface area contributed by atoms with Crippen LogP contribution in [0.15, 0.2) is 12.1 Å². The first-order chi connectivity index (χ1) is 9.76. The maximum atomic E-state index is 5.77. The van der Waals surface area contributed by atoms with Gasteiger partial charge in [0.15, 0.2) is 11.5 Å². The Hall–Kier alpha value is -1.69. The van der Waals surface area contributed by atoms with Gasteiger partial charge in [0.1, 0.15) is 5.82 Å². The van der Waals surface area contributed by atoms with Crippen LogP contribution in [0.25, 0.3) is 5.65 Å². The molecule has 6 heteroatoms. The van der Waals surface area contributed by atoms with Gasteiger partial charge in [-0.15, -0.1) is 15.3 Å². The largest absolute Gasteiger partial charge is 0.372 e. The Bertz CT molecular complexity index is 656. The fourth-order valence-electron chi connectivity index (χ4n) is 2.63. The normalized spacial score (nSPS) is 19.2. The molecule has 1 aliphatic rings. The lowest BCUT2D eigenvalue weighted by Crippen LogP contribution is -2.48. The molecule has 3 heterocycles. The van der Waals surface area contributed by atoms with Crippen molar-refractivity contribution in [1.82, 2.24) is 19.8 Å². The second-order valence-electron chi connectivity index (χ2n) is 7.26. The van der Waals surface area contributed by atoms with Crippen molar-refractivity contribution in [3.8, 4) is 0 Å². The minimum atomic E-state index is -0.144. The molecule has 1 saturated heterocycles.